The van der Waals surface area contributed by atoms with Crippen molar-refractivity contribution >= 4 is 0 Å². The Labute approximate surface area is 124 Å². The number of hydrogen-bond donors (Lipinski definition) is 1. The molecule has 0 saturated heterocycles. The smallest absolute Gasteiger partial charge is 0.0716 e. The first-order chi connectivity index (χ1) is 9.51. The highest BCUT2D eigenvalue weighted by Crippen LogP contribution is 2.08. The minimum absolute atomic E-state index is 0.201. The first kappa shape index (κ1) is 17.2. The lowest BCUT2D eigenvalue weighted by Crippen LogP contribution is -2.37. The van der Waals surface area contributed by atoms with Crippen molar-refractivity contribution in [3.8, 4) is 0 Å². The maximum Gasteiger partial charge on any atom is 0.0716 e. The standard InChI is InChI=1S/C18H31NO/c1-5-6-7-14-20-15-17-10-8-16(9-11-17)12-13-19-18(2,3)4/h8-11,19H,5-7,12-15H2,1-4H3. The molecule has 0 aromatic heterocycles. The minimum atomic E-state index is 0.201. The number of rotatable bonds is 9. The fourth-order valence-corrected chi connectivity index (χ4v) is 2.03. The monoisotopic (exact) mass is 277 g/mol. The van der Waals surface area contributed by atoms with Crippen LogP contribution < -0.4 is 5.32 Å². The Bertz CT molecular complexity index is 351. The minimum Gasteiger partial charge on any atom is -0.377 e. The van der Waals surface area contributed by atoms with Crippen molar-refractivity contribution in [2.75, 3.05) is 13.2 Å². The molecule has 0 aliphatic rings. The molecule has 0 aliphatic carbocycles. The molecule has 2 nitrogen and oxygen atoms in total. The Hall–Kier alpha value is -0.860. The van der Waals surface area contributed by atoms with Gasteiger partial charge < -0.3 is 10.1 Å². The van der Waals surface area contributed by atoms with Gasteiger partial charge in [0, 0.05) is 12.1 Å². The van der Waals surface area contributed by atoms with Gasteiger partial charge in [-0.2, -0.15) is 0 Å². The van der Waals surface area contributed by atoms with Gasteiger partial charge >= 0.3 is 0 Å². The molecule has 1 rings (SSSR count). The van der Waals surface area contributed by atoms with Crippen molar-refractivity contribution in [2.45, 2.75) is 65.5 Å². The summed E-state index contributed by atoms with van der Waals surface area (Å²) in [7, 11) is 0. The zero-order chi connectivity index (χ0) is 14.8. The molecular formula is C18H31NO. The molecular weight excluding hydrogens is 246 g/mol. The molecule has 0 atom stereocenters. The molecule has 0 aliphatic heterocycles. The molecule has 0 heterocycles. The van der Waals surface area contributed by atoms with Crippen LogP contribution in [0.15, 0.2) is 24.3 Å². The Morgan fingerprint density at radius 1 is 1.00 bits per heavy atom. The van der Waals surface area contributed by atoms with Gasteiger partial charge in [-0.3, -0.25) is 0 Å². The molecule has 114 valence electrons. The van der Waals surface area contributed by atoms with Gasteiger partial charge in [0.1, 0.15) is 0 Å². The van der Waals surface area contributed by atoms with Crippen molar-refractivity contribution in [3.05, 3.63) is 35.4 Å². The van der Waals surface area contributed by atoms with Crippen molar-refractivity contribution in [1.29, 1.82) is 0 Å². The molecule has 0 amide bonds. The largest absolute Gasteiger partial charge is 0.377 e. The molecule has 0 saturated carbocycles. The van der Waals surface area contributed by atoms with Crippen molar-refractivity contribution < 1.29 is 4.74 Å². The summed E-state index contributed by atoms with van der Waals surface area (Å²) in [5.74, 6) is 0. The first-order valence-corrected chi connectivity index (χ1v) is 7.92. The molecule has 1 N–H and O–H groups in total. The summed E-state index contributed by atoms with van der Waals surface area (Å²) in [5.41, 5.74) is 2.86. The van der Waals surface area contributed by atoms with E-state index >= 15 is 0 Å². The molecule has 1 aromatic rings. The van der Waals surface area contributed by atoms with E-state index in [-0.39, 0.29) is 5.54 Å². The van der Waals surface area contributed by atoms with E-state index in [1.807, 2.05) is 0 Å². The Morgan fingerprint density at radius 3 is 2.25 bits per heavy atom. The molecule has 0 unspecified atom stereocenters. The van der Waals surface area contributed by atoms with Gasteiger partial charge in [-0.1, -0.05) is 44.0 Å². The van der Waals surface area contributed by atoms with Crippen LogP contribution in [0, 0.1) is 0 Å². The van der Waals surface area contributed by atoms with Gasteiger partial charge in [0.05, 0.1) is 6.61 Å². The fourth-order valence-electron chi connectivity index (χ4n) is 2.03. The van der Waals surface area contributed by atoms with Crippen LogP contribution >= 0.6 is 0 Å². The summed E-state index contributed by atoms with van der Waals surface area (Å²) in [6.45, 7) is 11.5. The summed E-state index contributed by atoms with van der Waals surface area (Å²) < 4.78 is 5.68. The lowest BCUT2D eigenvalue weighted by molar-refractivity contribution is 0.117. The number of benzene rings is 1. The van der Waals surface area contributed by atoms with E-state index in [1.54, 1.807) is 0 Å². The zero-order valence-corrected chi connectivity index (χ0v) is 13.7. The predicted molar refractivity (Wildman–Crippen MR) is 87.1 cm³/mol. The number of unbranched alkanes of at least 4 members (excludes halogenated alkanes) is 2. The lowest BCUT2D eigenvalue weighted by Gasteiger charge is -2.20. The van der Waals surface area contributed by atoms with Crippen molar-refractivity contribution in [1.82, 2.24) is 5.32 Å². The summed E-state index contributed by atoms with van der Waals surface area (Å²) in [4.78, 5) is 0. The molecule has 1 aromatic carbocycles. The topological polar surface area (TPSA) is 21.3 Å². The molecule has 0 spiro atoms. The van der Waals surface area contributed by atoms with Crippen molar-refractivity contribution in [3.63, 3.8) is 0 Å². The van der Waals surface area contributed by atoms with Crippen LogP contribution in [-0.4, -0.2) is 18.7 Å². The third kappa shape index (κ3) is 8.34. The highest BCUT2D eigenvalue weighted by atomic mass is 16.5. The average Bonchev–Trinajstić information content (AvgIpc) is 2.39. The van der Waals surface area contributed by atoms with Gasteiger partial charge in [-0.25, -0.2) is 0 Å². The van der Waals surface area contributed by atoms with Gasteiger partial charge in [0.2, 0.25) is 0 Å². The maximum absolute atomic E-state index is 5.68. The van der Waals surface area contributed by atoms with Gasteiger partial charge in [0.15, 0.2) is 0 Å². The fraction of sp³-hybridized carbons (Fsp3) is 0.667. The third-order valence-corrected chi connectivity index (χ3v) is 3.25. The van der Waals surface area contributed by atoms with Crippen molar-refractivity contribution in [2.24, 2.45) is 0 Å². The van der Waals surface area contributed by atoms with Gasteiger partial charge in [-0.05, 0) is 51.3 Å². The van der Waals surface area contributed by atoms with E-state index in [4.69, 9.17) is 4.74 Å². The van der Waals surface area contributed by atoms with Crippen LogP contribution in [0.25, 0.3) is 0 Å². The second-order valence-electron chi connectivity index (χ2n) is 6.50. The Morgan fingerprint density at radius 2 is 1.65 bits per heavy atom. The van der Waals surface area contributed by atoms with E-state index in [9.17, 15) is 0 Å². The summed E-state index contributed by atoms with van der Waals surface area (Å²) in [6, 6.07) is 8.81. The number of nitrogens with one attached hydrogen (secondary N) is 1. The molecule has 0 fully saturated rings. The zero-order valence-electron chi connectivity index (χ0n) is 13.7. The molecule has 0 radical (unpaired) electrons. The molecule has 2 heteroatoms. The van der Waals surface area contributed by atoms with Crippen LogP contribution in [0.4, 0.5) is 0 Å². The van der Waals surface area contributed by atoms with E-state index in [0.29, 0.717) is 0 Å². The first-order valence-electron chi connectivity index (χ1n) is 7.92. The van der Waals surface area contributed by atoms with E-state index in [2.05, 4.69) is 57.3 Å². The maximum atomic E-state index is 5.68. The number of ether oxygens (including phenoxy) is 1. The summed E-state index contributed by atoms with van der Waals surface area (Å²) in [6.07, 6.45) is 4.77. The lowest BCUT2D eigenvalue weighted by atomic mass is 10.1. The number of hydrogen-bond acceptors (Lipinski definition) is 2. The second kappa shape index (κ2) is 9.15. The molecule has 0 bridgehead atoms. The van der Waals surface area contributed by atoms with E-state index in [1.165, 1.54) is 30.4 Å². The van der Waals surface area contributed by atoms with Crippen LogP contribution in [-0.2, 0) is 17.8 Å². The van der Waals surface area contributed by atoms with Gasteiger partial charge in [0.25, 0.3) is 0 Å². The average molecular weight is 277 g/mol. The Balaban J connectivity index is 2.22. The van der Waals surface area contributed by atoms with E-state index < -0.39 is 0 Å². The van der Waals surface area contributed by atoms with E-state index in [0.717, 1.165) is 26.2 Å². The quantitative estimate of drug-likeness (QED) is 0.679. The second-order valence-corrected chi connectivity index (χ2v) is 6.50. The molecule has 20 heavy (non-hydrogen) atoms. The Kier molecular flexibility index (Phi) is 7.86. The van der Waals surface area contributed by atoms with Gasteiger partial charge in [-0.15, -0.1) is 0 Å². The highest BCUT2D eigenvalue weighted by Gasteiger charge is 2.07. The third-order valence-electron chi connectivity index (χ3n) is 3.25. The highest BCUT2D eigenvalue weighted by molar-refractivity contribution is 5.22. The van der Waals surface area contributed by atoms with Crippen LogP contribution in [0.5, 0.6) is 0 Å². The summed E-state index contributed by atoms with van der Waals surface area (Å²) >= 11 is 0. The normalized spacial score (nSPS) is 11.8. The SMILES string of the molecule is CCCCCOCc1ccc(CCNC(C)(C)C)cc1. The predicted octanol–water partition coefficient (Wildman–Crippen LogP) is 4.32. The van der Waals surface area contributed by atoms with Crippen LogP contribution in [0.2, 0.25) is 0 Å². The van der Waals surface area contributed by atoms with Crippen LogP contribution in [0.1, 0.15) is 58.1 Å². The summed E-state index contributed by atoms with van der Waals surface area (Å²) in [5, 5.41) is 3.51. The van der Waals surface area contributed by atoms with Crippen LogP contribution in [0.3, 0.4) is 0 Å².